The van der Waals surface area contributed by atoms with Gasteiger partial charge < -0.3 is 10.6 Å². The van der Waals surface area contributed by atoms with Crippen molar-refractivity contribution < 1.29 is 0 Å². The second kappa shape index (κ2) is 4.32. The predicted octanol–water partition coefficient (Wildman–Crippen LogP) is 2.73. The van der Waals surface area contributed by atoms with Gasteiger partial charge in [-0.05, 0) is 28.4 Å². The molecule has 1 fully saturated rings. The summed E-state index contributed by atoms with van der Waals surface area (Å²) in [5.41, 5.74) is 3.84. The summed E-state index contributed by atoms with van der Waals surface area (Å²) in [5, 5.41) is 7.43. The Bertz CT molecular complexity index is 462. The van der Waals surface area contributed by atoms with E-state index >= 15 is 0 Å². The highest BCUT2D eigenvalue weighted by atomic mass is 15.1. The van der Waals surface area contributed by atoms with Crippen LogP contribution in [0.2, 0.25) is 0 Å². The van der Waals surface area contributed by atoms with E-state index in [-0.39, 0.29) is 0 Å². The Morgan fingerprint density at radius 1 is 1.11 bits per heavy atom. The molecule has 104 valence electrons. The molecule has 0 bridgehead atoms. The second-order valence-corrected chi connectivity index (χ2v) is 7.34. The first-order valence-corrected chi connectivity index (χ1v) is 7.46. The van der Waals surface area contributed by atoms with Gasteiger partial charge in [0.05, 0.1) is 0 Å². The van der Waals surface area contributed by atoms with Crippen LogP contribution >= 0.6 is 0 Å². The molecule has 0 aromatic heterocycles. The second-order valence-electron chi connectivity index (χ2n) is 7.34. The molecule has 1 aromatic rings. The SMILES string of the molecule is CC1(C)C(NCC2Cc3ccccc3CN2)C1(C)C. The number of benzene rings is 1. The lowest BCUT2D eigenvalue weighted by Crippen LogP contribution is -2.44. The number of nitrogens with one attached hydrogen (secondary N) is 2. The van der Waals surface area contributed by atoms with Crippen molar-refractivity contribution in [2.24, 2.45) is 10.8 Å². The van der Waals surface area contributed by atoms with Gasteiger partial charge in [-0.1, -0.05) is 52.0 Å². The third-order valence-corrected chi connectivity index (χ3v) is 5.75. The summed E-state index contributed by atoms with van der Waals surface area (Å²) >= 11 is 0. The Labute approximate surface area is 117 Å². The van der Waals surface area contributed by atoms with Crippen molar-refractivity contribution in [1.82, 2.24) is 10.6 Å². The molecular formula is C17H26N2. The highest BCUT2D eigenvalue weighted by Crippen LogP contribution is 2.62. The van der Waals surface area contributed by atoms with Crippen molar-refractivity contribution in [2.75, 3.05) is 6.54 Å². The highest BCUT2D eigenvalue weighted by Gasteiger charge is 2.64. The maximum Gasteiger partial charge on any atom is 0.0236 e. The van der Waals surface area contributed by atoms with Crippen molar-refractivity contribution in [3.8, 4) is 0 Å². The van der Waals surface area contributed by atoms with Gasteiger partial charge in [-0.25, -0.2) is 0 Å². The fraction of sp³-hybridized carbons (Fsp3) is 0.647. The summed E-state index contributed by atoms with van der Waals surface area (Å²) in [7, 11) is 0. The van der Waals surface area contributed by atoms with Crippen molar-refractivity contribution in [2.45, 2.75) is 52.7 Å². The Balaban J connectivity index is 1.57. The van der Waals surface area contributed by atoms with E-state index in [1.807, 2.05) is 0 Å². The molecule has 1 saturated carbocycles. The summed E-state index contributed by atoms with van der Waals surface area (Å²) < 4.78 is 0. The summed E-state index contributed by atoms with van der Waals surface area (Å²) in [5.74, 6) is 0. The Kier molecular flexibility index (Phi) is 2.99. The van der Waals surface area contributed by atoms with Crippen LogP contribution in [0.25, 0.3) is 0 Å². The smallest absolute Gasteiger partial charge is 0.0236 e. The topological polar surface area (TPSA) is 24.1 Å². The molecule has 0 radical (unpaired) electrons. The molecule has 1 aliphatic carbocycles. The Morgan fingerprint density at radius 2 is 1.74 bits per heavy atom. The third kappa shape index (κ3) is 2.11. The zero-order valence-corrected chi connectivity index (χ0v) is 12.6. The molecule has 1 atom stereocenters. The summed E-state index contributed by atoms with van der Waals surface area (Å²) in [6.07, 6.45) is 1.15. The number of hydrogen-bond donors (Lipinski definition) is 2. The van der Waals surface area contributed by atoms with Gasteiger partial charge >= 0.3 is 0 Å². The molecule has 1 aliphatic heterocycles. The van der Waals surface area contributed by atoms with E-state index in [4.69, 9.17) is 0 Å². The maximum atomic E-state index is 3.78. The lowest BCUT2D eigenvalue weighted by Gasteiger charge is -2.26. The quantitative estimate of drug-likeness (QED) is 0.871. The molecule has 2 heteroatoms. The zero-order valence-electron chi connectivity index (χ0n) is 12.6. The summed E-state index contributed by atoms with van der Waals surface area (Å²) in [4.78, 5) is 0. The van der Waals surface area contributed by atoms with Crippen LogP contribution < -0.4 is 10.6 Å². The number of fused-ring (bicyclic) bond motifs is 1. The standard InChI is InChI=1S/C17H26N2/c1-16(2)15(17(16,3)4)19-11-14-9-12-7-5-6-8-13(12)10-18-14/h5-8,14-15,18-19H,9-11H2,1-4H3. The number of rotatable bonds is 3. The Morgan fingerprint density at radius 3 is 2.37 bits per heavy atom. The van der Waals surface area contributed by atoms with Crippen LogP contribution in [0.3, 0.4) is 0 Å². The lowest BCUT2D eigenvalue weighted by atomic mass is 9.96. The van der Waals surface area contributed by atoms with Gasteiger partial charge in [0.15, 0.2) is 0 Å². The first kappa shape index (κ1) is 13.1. The molecular weight excluding hydrogens is 232 g/mol. The molecule has 2 nitrogen and oxygen atoms in total. The Hall–Kier alpha value is -0.860. The predicted molar refractivity (Wildman–Crippen MR) is 80.1 cm³/mol. The van der Waals surface area contributed by atoms with E-state index in [9.17, 15) is 0 Å². The molecule has 1 unspecified atom stereocenters. The minimum Gasteiger partial charge on any atom is -0.311 e. The summed E-state index contributed by atoms with van der Waals surface area (Å²) in [6, 6.07) is 10.0. The molecule has 0 spiro atoms. The van der Waals surface area contributed by atoms with Gasteiger partial charge in [0.1, 0.15) is 0 Å². The maximum absolute atomic E-state index is 3.78. The fourth-order valence-electron chi connectivity index (χ4n) is 3.63. The van der Waals surface area contributed by atoms with E-state index < -0.39 is 0 Å². The van der Waals surface area contributed by atoms with Crippen LogP contribution in [0, 0.1) is 10.8 Å². The van der Waals surface area contributed by atoms with E-state index in [1.54, 1.807) is 0 Å². The van der Waals surface area contributed by atoms with Crippen LogP contribution in [0.5, 0.6) is 0 Å². The highest BCUT2D eigenvalue weighted by molar-refractivity contribution is 5.30. The molecule has 1 aromatic carbocycles. The minimum absolute atomic E-state index is 0.430. The average molecular weight is 258 g/mol. The zero-order chi connectivity index (χ0) is 13.7. The van der Waals surface area contributed by atoms with Crippen LogP contribution in [-0.4, -0.2) is 18.6 Å². The van der Waals surface area contributed by atoms with E-state index in [1.165, 1.54) is 11.1 Å². The first-order valence-electron chi connectivity index (χ1n) is 7.46. The van der Waals surface area contributed by atoms with Gasteiger partial charge in [0, 0.05) is 25.2 Å². The fourth-order valence-corrected chi connectivity index (χ4v) is 3.63. The average Bonchev–Trinajstić information content (AvgIpc) is 2.77. The van der Waals surface area contributed by atoms with Crippen molar-refractivity contribution >= 4 is 0 Å². The molecule has 2 N–H and O–H groups in total. The molecule has 2 aliphatic rings. The van der Waals surface area contributed by atoms with Gasteiger partial charge in [-0.3, -0.25) is 0 Å². The molecule has 19 heavy (non-hydrogen) atoms. The first-order chi connectivity index (χ1) is 8.93. The molecule has 1 heterocycles. The normalized spacial score (nSPS) is 27.9. The van der Waals surface area contributed by atoms with Crippen LogP contribution in [0.4, 0.5) is 0 Å². The minimum atomic E-state index is 0.430. The van der Waals surface area contributed by atoms with Crippen LogP contribution in [-0.2, 0) is 13.0 Å². The molecule has 0 amide bonds. The lowest BCUT2D eigenvalue weighted by molar-refractivity contribution is 0.429. The monoisotopic (exact) mass is 258 g/mol. The largest absolute Gasteiger partial charge is 0.311 e. The van der Waals surface area contributed by atoms with Gasteiger partial charge in [-0.15, -0.1) is 0 Å². The van der Waals surface area contributed by atoms with E-state index in [0.717, 1.165) is 19.5 Å². The van der Waals surface area contributed by atoms with Crippen LogP contribution in [0.15, 0.2) is 24.3 Å². The third-order valence-electron chi connectivity index (χ3n) is 5.75. The van der Waals surface area contributed by atoms with E-state index in [0.29, 0.717) is 22.9 Å². The van der Waals surface area contributed by atoms with Crippen LogP contribution in [0.1, 0.15) is 38.8 Å². The molecule has 3 rings (SSSR count). The van der Waals surface area contributed by atoms with Gasteiger partial charge in [0.2, 0.25) is 0 Å². The van der Waals surface area contributed by atoms with Crippen molar-refractivity contribution in [3.63, 3.8) is 0 Å². The van der Waals surface area contributed by atoms with Gasteiger partial charge in [-0.2, -0.15) is 0 Å². The van der Waals surface area contributed by atoms with Crippen molar-refractivity contribution in [1.29, 1.82) is 0 Å². The molecule has 0 saturated heterocycles. The summed E-state index contributed by atoms with van der Waals surface area (Å²) in [6.45, 7) is 11.6. The van der Waals surface area contributed by atoms with Gasteiger partial charge in [0.25, 0.3) is 0 Å². The van der Waals surface area contributed by atoms with Crippen molar-refractivity contribution in [3.05, 3.63) is 35.4 Å². The van der Waals surface area contributed by atoms with E-state index in [2.05, 4.69) is 62.6 Å². The number of hydrogen-bond acceptors (Lipinski definition) is 2.